The van der Waals surface area contributed by atoms with E-state index >= 15 is 0 Å². The first-order chi connectivity index (χ1) is 9.15. The summed E-state index contributed by atoms with van der Waals surface area (Å²) in [4.78, 5) is 0. The molecule has 0 bridgehead atoms. The van der Waals surface area contributed by atoms with Gasteiger partial charge in [0, 0.05) is 36.7 Å². The number of anilines is 1. The second-order valence-corrected chi connectivity index (χ2v) is 3.87. The molecule has 1 N–H and O–H groups in total. The summed E-state index contributed by atoms with van der Waals surface area (Å²) in [5, 5.41) is 20.6. The summed E-state index contributed by atoms with van der Waals surface area (Å²) in [5.74, 6) is 0. The molecular weight excluding hydrogens is 266 g/mol. The summed E-state index contributed by atoms with van der Waals surface area (Å²) in [6.07, 6.45) is 0.742. The van der Waals surface area contributed by atoms with E-state index in [1.54, 1.807) is 30.3 Å². The Morgan fingerprint density at radius 2 is 1.95 bits per heavy atom. The molecule has 0 amide bonds. The van der Waals surface area contributed by atoms with Crippen LogP contribution in [-0.2, 0) is 9.47 Å². The van der Waals surface area contributed by atoms with Crippen molar-refractivity contribution in [1.82, 2.24) is 0 Å². The Bertz CT molecular complexity index is 538. The van der Waals surface area contributed by atoms with E-state index in [0.717, 1.165) is 0 Å². The average molecular weight is 278 g/mol. The maximum absolute atomic E-state index is 8.63. The predicted molar refractivity (Wildman–Crippen MR) is 71.1 cm³/mol. The van der Waals surface area contributed by atoms with Crippen molar-refractivity contribution in [2.45, 2.75) is 6.29 Å². The second kappa shape index (κ2) is 7.40. The lowest BCUT2D eigenvalue weighted by Crippen LogP contribution is -2.05. The van der Waals surface area contributed by atoms with Gasteiger partial charge in [-0.2, -0.15) is 10.5 Å². The van der Waals surface area contributed by atoms with Crippen molar-refractivity contribution >= 4 is 17.3 Å². The molecule has 6 heteroatoms. The number of benzene rings is 1. The predicted octanol–water partition coefficient (Wildman–Crippen LogP) is 2.97. The fourth-order valence-corrected chi connectivity index (χ4v) is 1.62. The summed E-state index contributed by atoms with van der Waals surface area (Å²) in [6.45, 7) is 0. The van der Waals surface area contributed by atoms with Gasteiger partial charge in [0.05, 0.1) is 0 Å². The molecule has 0 unspecified atom stereocenters. The molecule has 5 nitrogen and oxygen atoms in total. The highest BCUT2D eigenvalue weighted by molar-refractivity contribution is 6.31. The number of allylic oxidation sites excluding steroid dienone is 1. The van der Waals surface area contributed by atoms with Gasteiger partial charge in [-0.3, -0.25) is 0 Å². The van der Waals surface area contributed by atoms with Crippen LogP contribution in [0.25, 0.3) is 0 Å². The Labute approximate surface area is 116 Å². The minimum absolute atomic E-state index is 0.0217. The van der Waals surface area contributed by atoms with Crippen molar-refractivity contribution < 1.29 is 9.47 Å². The summed E-state index contributed by atoms with van der Waals surface area (Å²) < 4.78 is 10.3. The largest absolute Gasteiger partial charge is 0.360 e. The number of ether oxygens (including phenoxy) is 2. The molecule has 0 atom stereocenters. The maximum Gasteiger partial charge on any atom is 0.184 e. The third kappa shape index (κ3) is 3.97. The van der Waals surface area contributed by atoms with Crippen molar-refractivity contribution in [2.24, 2.45) is 0 Å². The molecule has 0 heterocycles. The van der Waals surface area contributed by atoms with E-state index in [1.807, 2.05) is 0 Å². The van der Waals surface area contributed by atoms with Crippen LogP contribution in [0.5, 0.6) is 0 Å². The number of nitrogens with zero attached hydrogens (tertiary/aromatic N) is 2. The molecule has 0 fully saturated rings. The lowest BCUT2D eigenvalue weighted by atomic mass is 10.2. The SMILES string of the molecule is COC(OC)c1cc(NC=C(C#N)C#N)ccc1Cl. The Kier molecular flexibility index (Phi) is 5.84. The lowest BCUT2D eigenvalue weighted by molar-refractivity contribution is -0.105. The van der Waals surface area contributed by atoms with Crippen molar-refractivity contribution in [3.63, 3.8) is 0 Å². The van der Waals surface area contributed by atoms with Gasteiger partial charge in [0.15, 0.2) is 6.29 Å². The summed E-state index contributed by atoms with van der Waals surface area (Å²) in [5.41, 5.74) is 1.30. The number of nitriles is 2. The minimum atomic E-state index is -0.579. The molecule has 0 saturated carbocycles. The molecule has 0 aliphatic heterocycles. The summed E-state index contributed by atoms with van der Waals surface area (Å²) in [6, 6.07) is 8.63. The van der Waals surface area contributed by atoms with Gasteiger partial charge in [-0.15, -0.1) is 0 Å². The van der Waals surface area contributed by atoms with Gasteiger partial charge < -0.3 is 14.8 Å². The zero-order valence-corrected chi connectivity index (χ0v) is 11.2. The van der Waals surface area contributed by atoms with Crippen LogP contribution in [0.1, 0.15) is 11.9 Å². The van der Waals surface area contributed by atoms with Crippen LogP contribution < -0.4 is 5.32 Å². The minimum Gasteiger partial charge on any atom is -0.360 e. The molecular formula is C13H12ClN3O2. The molecule has 0 aromatic heterocycles. The number of hydrogen-bond donors (Lipinski definition) is 1. The van der Waals surface area contributed by atoms with Crippen molar-refractivity contribution in [3.05, 3.63) is 40.6 Å². The highest BCUT2D eigenvalue weighted by Gasteiger charge is 2.13. The first-order valence-electron chi connectivity index (χ1n) is 5.28. The zero-order chi connectivity index (χ0) is 14.3. The van der Waals surface area contributed by atoms with E-state index in [2.05, 4.69) is 5.32 Å². The van der Waals surface area contributed by atoms with Gasteiger partial charge in [-0.05, 0) is 18.2 Å². The smallest absolute Gasteiger partial charge is 0.184 e. The molecule has 1 rings (SSSR count). The summed E-state index contributed by atoms with van der Waals surface area (Å²) in [7, 11) is 3.02. The monoisotopic (exact) mass is 277 g/mol. The number of rotatable bonds is 5. The van der Waals surface area contributed by atoms with E-state index < -0.39 is 6.29 Å². The lowest BCUT2D eigenvalue weighted by Gasteiger charge is -2.16. The van der Waals surface area contributed by atoms with Crippen LogP contribution in [0, 0.1) is 22.7 Å². The Morgan fingerprint density at radius 1 is 1.32 bits per heavy atom. The van der Waals surface area contributed by atoms with Crippen LogP contribution in [0.2, 0.25) is 5.02 Å². The maximum atomic E-state index is 8.63. The quantitative estimate of drug-likeness (QED) is 0.661. The highest BCUT2D eigenvalue weighted by atomic mass is 35.5. The molecule has 0 aliphatic carbocycles. The molecule has 0 spiro atoms. The van der Waals surface area contributed by atoms with E-state index in [9.17, 15) is 0 Å². The van der Waals surface area contributed by atoms with Gasteiger partial charge in [0.2, 0.25) is 0 Å². The average Bonchev–Trinajstić information content (AvgIpc) is 2.44. The third-order valence-corrected chi connectivity index (χ3v) is 2.65. The molecule has 0 saturated heterocycles. The molecule has 98 valence electrons. The van der Waals surface area contributed by atoms with Gasteiger partial charge >= 0.3 is 0 Å². The van der Waals surface area contributed by atoms with Gasteiger partial charge in [0.25, 0.3) is 0 Å². The van der Waals surface area contributed by atoms with E-state index in [1.165, 1.54) is 20.4 Å². The Morgan fingerprint density at radius 3 is 2.47 bits per heavy atom. The Balaban J connectivity index is 3.01. The fourth-order valence-electron chi connectivity index (χ4n) is 1.41. The van der Waals surface area contributed by atoms with Crippen molar-refractivity contribution in [2.75, 3.05) is 19.5 Å². The standard InChI is InChI=1S/C13H12ClN3O2/c1-18-13(19-2)11-5-10(3-4-12(11)14)17-8-9(6-15)7-16/h3-5,8,13,17H,1-2H3. The van der Waals surface area contributed by atoms with Crippen LogP contribution >= 0.6 is 11.6 Å². The molecule has 0 radical (unpaired) electrons. The van der Waals surface area contributed by atoms with Crippen LogP contribution in [-0.4, -0.2) is 14.2 Å². The van der Waals surface area contributed by atoms with Crippen LogP contribution in [0.4, 0.5) is 5.69 Å². The fraction of sp³-hybridized carbons (Fsp3) is 0.231. The first kappa shape index (κ1) is 15.0. The molecule has 19 heavy (non-hydrogen) atoms. The zero-order valence-electron chi connectivity index (χ0n) is 10.5. The first-order valence-corrected chi connectivity index (χ1v) is 5.66. The van der Waals surface area contributed by atoms with Crippen molar-refractivity contribution in [1.29, 1.82) is 10.5 Å². The van der Waals surface area contributed by atoms with E-state index in [0.29, 0.717) is 16.3 Å². The number of hydrogen-bond acceptors (Lipinski definition) is 5. The normalized spacial score (nSPS) is 9.58. The topological polar surface area (TPSA) is 78.1 Å². The van der Waals surface area contributed by atoms with E-state index in [-0.39, 0.29) is 5.57 Å². The van der Waals surface area contributed by atoms with Gasteiger partial charge in [-0.25, -0.2) is 0 Å². The van der Waals surface area contributed by atoms with E-state index in [4.69, 9.17) is 31.6 Å². The summed E-state index contributed by atoms with van der Waals surface area (Å²) >= 11 is 6.06. The van der Waals surface area contributed by atoms with Crippen LogP contribution in [0.3, 0.4) is 0 Å². The van der Waals surface area contributed by atoms with Crippen LogP contribution in [0.15, 0.2) is 30.0 Å². The third-order valence-electron chi connectivity index (χ3n) is 2.30. The highest BCUT2D eigenvalue weighted by Crippen LogP contribution is 2.28. The molecule has 1 aromatic carbocycles. The number of halogens is 1. The molecule has 0 aliphatic rings. The second-order valence-electron chi connectivity index (χ2n) is 3.47. The number of methoxy groups -OCH3 is 2. The van der Waals surface area contributed by atoms with Crippen molar-refractivity contribution in [3.8, 4) is 12.1 Å². The number of nitrogens with one attached hydrogen (secondary N) is 1. The Hall–Kier alpha value is -2.05. The van der Waals surface area contributed by atoms with Gasteiger partial charge in [0.1, 0.15) is 17.7 Å². The van der Waals surface area contributed by atoms with Gasteiger partial charge in [-0.1, -0.05) is 11.6 Å². The molecule has 1 aromatic rings.